The van der Waals surface area contributed by atoms with Gasteiger partial charge in [0.1, 0.15) is 15.7 Å². The van der Waals surface area contributed by atoms with E-state index in [0.717, 1.165) is 16.9 Å². The van der Waals surface area contributed by atoms with Gasteiger partial charge < -0.3 is 4.57 Å². The van der Waals surface area contributed by atoms with Crippen LogP contribution < -0.4 is 0 Å². The first-order chi connectivity index (χ1) is 10.0. The highest BCUT2D eigenvalue weighted by molar-refractivity contribution is 7.91. The van der Waals surface area contributed by atoms with Gasteiger partial charge in [0, 0.05) is 18.3 Å². The van der Waals surface area contributed by atoms with Crippen molar-refractivity contribution < 1.29 is 8.42 Å². The van der Waals surface area contributed by atoms with Crippen LogP contribution in [-0.4, -0.2) is 35.4 Å². The summed E-state index contributed by atoms with van der Waals surface area (Å²) in [6, 6.07) is 5.76. The number of hydrogen-bond donors (Lipinski definition) is 0. The molecule has 0 spiro atoms. The molecular formula is C14H16Cl2N2O2S. The lowest BCUT2D eigenvalue weighted by Gasteiger charge is -2.25. The summed E-state index contributed by atoms with van der Waals surface area (Å²) < 4.78 is 25.4. The summed E-state index contributed by atoms with van der Waals surface area (Å²) in [6.45, 7) is 0. The average molecular weight is 347 g/mol. The van der Waals surface area contributed by atoms with Gasteiger partial charge in [-0.25, -0.2) is 13.4 Å². The van der Waals surface area contributed by atoms with E-state index in [-0.39, 0.29) is 17.5 Å². The predicted molar refractivity (Wildman–Crippen MR) is 86.1 cm³/mol. The Morgan fingerprint density at radius 2 is 2.00 bits per heavy atom. The Hall–Kier alpha value is -0.780. The van der Waals surface area contributed by atoms with Gasteiger partial charge >= 0.3 is 0 Å². The fraction of sp³-hybridized carbons (Fsp3) is 0.500. The summed E-state index contributed by atoms with van der Waals surface area (Å²) >= 11 is 12.2. The van der Waals surface area contributed by atoms with E-state index >= 15 is 0 Å². The van der Waals surface area contributed by atoms with Gasteiger partial charge in [-0.15, -0.1) is 11.6 Å². The molecule has 1 saturated heterocycles. The van der Waals surface area contributed by atoms with Crippen molar-refractivity contribution in [3.05, 3.63) is 29.0 Å². The van der Waals surface area contributed by atoms with Gasteiger partial charge in [-0.1, -0.05) is 17.7 Å². The minimum absolute atomic E-state index is 0.122. The second kappa shape index (κ2) is 5.78. The topological polar surface area (TPSA) is 52.0 Å². The second-order valence-corrected chi connectivity index (χ2v) is 8.42. The van der Waals surface area contributed by atoms with E-state index in [9.17, 15) is 8.42 Å². The van der Waals surface area contributed by atoms with Crippen LogP contribution in [0, 0.1) is 0 Å². The molecule has 0 N–H and O–H groups in total. The normalized spacial score (nSPS) is 19.1. The van der Waals surface area contributed by atoms with Crippen molar-refractivity contribution in [2.24, 2.45) is 0 Å². The van der Waals surface area contributed by atoms with E-state index in [1.807, 2.05) is 18.2 Å². The molecule has 4 nitrogen and oxygen atoms in total. The fourth-order valence-corrected chi connectivity index (χ4v) is 4.84. The van der Waals surface area contributed by atoms with Gasteiger partial charge in [0.2, 0.25) is 0 Å². The van der Waals surface area contributed by atoms with Crippen molar-refractivity contribution in [1.29, 1.82) is 0 Å². The highest BCUT2D eigenvalue weighted by Crippen LogP contribution is 2.33. The van der Waals surface area contributed by atoms with E-state index in [1.54, 1.807) is 0 Å². The largest absolute Gasteiger partial charge is 0.324 e. The summed E-state index contributed by atoms with van der Waals surface area (Å²) in [4.78, 5) is 4.62. The molecule has 114 valence electrons. The van der Waals surface area contributed by atoms with Crippen molar-refractivity contribution in [3.8, 4) is 0 Å². The number of imidazole rings is 1. The molecule has 1 fully saturated rings. The number of halogens is 2. The molecule has 0 amide bonds. The molecule has 2 heterocycles. The monoisotopic (exact) mass is 346 g/mol. The third-order valence-electron chi connectivity index (χ3n) is 3.94. The Bertz CT molecular complexity index is 757. The maximum atomic E-state index is 11.6. The predicted octanol–water partition coefficient (Wildman–Crippen LogP) is 3.22. The molecule has 0 bridgehead atoms. The number of nitrogens with zero attached hydrogens (tertiary/aromatic N) is 2. The minimum Gasteiger partial charge on any atom is -0.324 e. The van der Waals surface area contributed by atoms with Crippen LogP contribution in [0.4, 0.5) is 0 Å². The molecule has 1 aromatic carbocycles. The molecular weight excluding hydrogens is 331 g/mol. The summed E-state index contributed by atoms with van der Waals surface area (Å²) in [5, 5.41) is 0.647. The van der Waals surface area contributed by atoms with Crippen LogP contribution in [0.1, 0.15) is 24.7 Å². The highest BCUT2D eigenvalue weighted by atomic mass is 35.5. The Morgan fingerprint density at radius 3 is 2.67 bits per heavy atom. The standard InChI is InChI=1S/C14H16Cl2N2O2S/c15-7-4-13-17-12-3-1-2-11(16)14(12)18(13)10-5-8-21(19,20)9-6-10/h1-3,10H,4-9H2. The number of para-hydroxylation sites is 1. The van der Waals surface area contributed by atoms with Crippen molar-refractivity contribution in [1.82, 2.24) is 9.55 Å². The first-order valence-corrected chi connectivity index (χ1v) is 9.67. The Kier molecular flexibility index (Phi) is 4.17. The zero-order valence-corrected chi connectivity index (χ0v) is 13.8. The molecule has 21 heavy (non-hydrogen) atoms. The second-order valence-electron chi connectivity index (χ2n) is 5.33. The first kappa shape index (κ1) is 15.1. The van der Waals surface area contributed by atoms with Gasteiger partial charge in [-0.05, 0) is 25.0 Å². The summed E-state index contributed by atoms with van der Waals surface area (Å²) in [7, 11) is -2.89. The average Bonchev–Trinajstić information content (AvgIpc) is 2.79. The Balaban J connectivity index is 2.09. The lowest BCUT2D eigenvalue weighted by molar-refractivity contribution is 0.447. The molecule has 0 atom stereocenters. The smallest absolute Gasteiger partial charge is 0.150 e. The van der Waals surface area contributed by atoms with Crippen LogP contribution in [0.15, 0.2) is 18.2 Å². The third kappa shape index (κ3) is 2.91. The lowest BCUT2D eigenvalue weighted by Crippen LogP contribution is -2.26. The van der Waals surface area contributed by atoms with Gasteiger partial charge in [0.05, 0.1) is 27.6 Å². The van der Waals surface area contributed by atoms with Crippen LogP contribution >= 0.6 is 23.2 Å². The summed E-state index contributed by atoms with van der Waals surface area (Å²) in [6.07, 6.45) is 1.86. The fourth-order valence-electron chi connectivity index (χ4n) is 2.94. The quantitative estimate of drug-likeness (QED) is 0.801. The van der Waals surface area contributed by atoms with E-state index in [2.05, 4.69) is 9.55 Å². The van der Waals surface area contributed by atoms with Crippen molar-refractivity contribution in [3.63, 3.8) is 0 Å². The number of fused-ring (bicyclic) bond motifs is 1. The van der Waals surface area contributed by atoms with Gasteiger partial charge in [0.25, 0.3) is 0 Å². The minimum atomic E-state index is -2.89. The van der Waals surface area contributed by atoms with Crippen LogP contribution in [0.2, 0.25) is 5.02 Å². The number of rotatable bonds is 3. The Morgan fingerprint density at radius 1 is 1.29 bits per heavy atom. The molecule has 0 radical (unpaired) electrons. The Labute approximate surface area is 134 Å². The number of aryl methyl sites for hydroxylation is 1. The number of hydrogen-bond acceptors (Lipinski definition) is 3. The van der Waals surface area contributed by atoms with Crippen molar-refractivity contribution in [2.45, 2.75) is 25.3 Å². The van der Waals surface area contributed by atoms with Crippen LogP contribution in [-0.2, 0) is 16.3 Å². The number of benzene rings is 1. The third-order valence-corrected chi connectivity index (χ3v) is 6.15. The van der Waals surface area contributed by atoms with Crippen LogP contribution in [0.25, 0.3) is 11.0 Å². The first-order valence-electron chi connectivity index (χ1n) is 6.93. The molecule has 1 aromatic heterocycles. The molecule has 2 aromatic rings. The van der Waals surface area contributed by atoms with E-state index < -0.39 is 9.84 Å². The van der Waals surface area contributed by atoms with Crippen LogP contribution in [0.3, 0.4) is 0 Å². The lowest BCUT2D eigenvalue weighted by atomic mass is 10.1. The molecule has 0 unspecified atom stereocenters. The van der Waals surface area contributed by atoms with Crippen molar-refractivity contribution in [2.75, 3.05) is 17.4 Å². The summed E-state index contributed by atoms with van der Waals surface area (Å²) in [5.41, 5.74) is 1.74. The maximum Gasteiger partial charge on any atom is 0.150 e. The molecule has 1 aliphatic heterocycles. The van der Waals surface area contributed by atoms with E-state index in [1.165, 1.54) is 0 Å². The SMILES string of the molecule is O=S1(=O)CCC(n2c(CCCl)nc3cccc(Cl)c32)CC1. The van der Waals surface area contributed by atoms with Gasteiger partial charge in [-0.2, -0.15) is 0 Å². The van der Waals surface area contributed by atoms with Gasteiger partial charge in [-0.3, -0.25) is 0 Å². The number of sulfone groups is 1. The van der Waals surface area contributed by atoms with Crippen molar-refractivity contribution >= 4 is 44.1 Å². The number of alkyl halides is 1. The zero-order valence-electron chi connectivity index (χ0n) is 11.4. The highest BCUT2D eigenvalue weighted by Gasteiger charge is 2.28. The van der Waals surface area contributed by atoms with Gasteiger partial charge in [0.15, 0.2) is 0 Å². The molecule has 0 aliphatic carbocycles. The van der Waals surface area contributed by atoms with E-state index in [4.69, 9.17) is 23.2 Å². The number of aromatic nitrogens is 2. The van der Waals surface area contributed by atoms with Crippen LogP contribution in [0.5, 0.6) is 0 Å². The molecule has 0 saturated carbocycles. The molecule has 7 heteroatoms. The maximum absolute atomic E-state index is 11.6. The molecule has 1 aliphatic rings. The molecule has 3 rings (SSSR count). The van der Waals surface area contributed by atoms with E-state index in [0.29, 0.717) is 30.2 Å². The summed E-state index contributed by atoms with van der Waals surface area (Å²) in [5.74, 6) is 1.81. The zero-order chi connectivity index (χ0) is 15.0.